The lowest BCUT2D eigenvalue weighted by Gasteiger charge is -2.17. The monoisotopic (exact) mass is 427 g/mol. The molecular formula is C17H22BrN3O5. The zero-order valence-electron chi connectivity index (χ0n) is 14.1. The molecule has 142 valence electrons. The average Bonchev–Trinajstić information content (AvgIpc) is 2.58. The van der Waals surface area contributed by atoms with E-state index in [0.717, 1.165) is 5.56 Å². The third-order valence-corrected chi connectivity index (χ3v) is 3.54. The smallest absolute Gasteiger partial charge is 0.407 e. The van der Waals surface area contributed by atoms with Crippen LogP contribution in [0.4, 0.5) is 4.79 Å². The molecule has 0 aliphatic carbocycles. The van der Waals surface area contributed by atoms with Gasteiger partial charge in [-0.25, -0.2) is 4.79 Å². The highest BCUT2D eigenvalue weighted by atomic mass is 79.9. The van der Waals surface area contributed by atoms with Gasteiger partial charge in [0.15, 0.2) is 0 Å². The van der Waals surface area contributed by atoms with E-state index in [9.17, 15) is 19.5 Å². The first-order valence-electron chi connectivity index (χ1n) is 7.82. The van der Waals surface area contributed by atoms with Gasteiger partial charge in [0.2, 0.25) is 11.8 Å². The average molecular weight is 428 g/mol. The Hall–Kier alpha value is -2.39. The van der Waals surface area contributed by atoms with Crippen molar-refractivity contribution in [3.8, 4) is 0 Å². The second kappa shape index (κ2) is 11.3. The summed E-state index contributed by atoms with van der Waals surface area (Å²) in [5.74, 6) is -1.29. The zero-order chi connectivity index (χ0) is 19.5. The summed E-state index contributed by atoms with van der Waals surface area (Å²) in [6.45, 7) is 3.50. The van der Waals surface area contributed by atoms with Crippen molar-refractivity contribution in [1.82, 2.24) is 10.6 Å². The van der Waals surface area contributed by atoms with Crippen LogP contribution in [0.3, 0.4) is 0 Å². The Morgan fingerprint density at radius 1 is 1.23 bits per heavy atom. The van der Waals surface area contributed by atoms with Gasteiger partial charge >= 0.3 is 6.09 Å². The Morgan fingerprint density at radius 2 is 1.88 bits per heavy atom. The van der Waals surface area contributed by atoms with E-state index in [1.807, 2.05) is 30.3 Å². The number of hydrogen-bond acceptors (Lipinski definition) is 5. The third-order valence-electron chi connectivity index (χ3n) is 3.22. The largest absolute Gasteiger partial charge is 0.445 e. The van der Waals surface area contributed by atoms with Gasteiger partial charge in [0, 0.05) is 13.0 Å². The van der Waals surface area contributed by atoms with Crippen molar-refractivity contribution in [3.05, 3.63) is 47.0 Å². The van der Waals surface area contributed by atoms with Crippen molar-refractivity contribution < 1.29 is 24.2 Å². The van der Waals surface area contributed by atoms with Crippen LogP contribution in [-0.4, -0.2) is 41.7 Å². The Labute approximate surface area is 159 Å². The summed E-state index contributed by atoms with van der Waals surface area (Å²) in [5, 5.41) is 14.6. The maximum atomic E-state index is 11.8. The number of alkyl carbamates (subject to hydrolysis) is 1. The Morgan fingerprint density at radius 3 is 2.46 bits per heavy atom. The first kappa shape index (κ1) is 21.7. The van der Waals surface area contributed by atoms with Gasteiger partial charge in [0.05, 0.1) is 12.5 Å². The number of rotatable bonds is 10. The highest BCUT2D eigenvalue weighted by Crippen LogP contribution is 2.10. The van der Waals surface area contributed by atoms with Gasteiger partial charge in [0.25, 0.3) is 0 Å². The molecule has 0 unspecified atom stereocenters. The SMILES string of the molecule is C=C(Br)C[C@H](NC(=O)C[C@@H](O)CNC(=O)OCc1ccccc1)C(N)=O. The number of carbonyl (C=O) groups is 3. The van der Waals surface area contributed by atoms with Crippen LogP contribution in [0.25, 0.3) is 0 Å². The normalized spacial score (nSPS) is 12.5. The number of carbonyl (C=O) groups excluding carboxylic acids is 3. The number of nitrogens with two attached hydrogens (primary N) is 1. The van der Waals surface area contributed by atoms with Gasteiger partial charge < -0.3 is 26.2 Å². The van der Waals surface area contributed by atoms with E-state index in [0.29, 0.717) is 4.48 Å². The lowest BCUT2D eigenvalue weighted by molar-refractivity contribution is -0.128. The summed E-state index contributed by atoms with van der Waals surface area (Å²) in [4.78, 5) is 34.7. The number of primary amides is 1. The molecule has 5 N–H and O–H groups in total. The molecule has 0 heterocycles. The third kappa shape index (κ3) is 9.19. The molecule has 1 rings (SSSR count). The van der Waals surface area contributed by atoms with Crippen LogP contribution in [0.2, 0.25) is 0 Å². The molecule has 9 heteroatoms. The van der Waals surface area contributed by atoms with Crippen LogP contribution in [0, 0.1) is 0 Å². The number of ether oxygens (including phenoxy) is 1. The predicted octanol–water partition coefficient (Wildman–Crippen LogP) is 0.933. The van der Waals surface area contributed by atoms with Crippen molar-refractivity contribution in [3.63, 3.8) is 0 Å². The molecule has 0 saturated carbocycles. The summed E-state index contributed by atoms with van der Waals surface area (Å²) < 4.78 is 5.49. The van der Waals surface area contributed by atoms with Gasteiger partial charge in [-0.05, 0) is 10.0 Å². The first-order chi connectivity index (χ1) is 12.3. The molecule has 0 bridgehead atoms. The maximum absolute atomic E-state index is 11.8. The fourth-order valence-electron chi connectivity index (χ4n) is 1.96. The second-order valence-corrected chi connectivity index (χ2v) is 6.67. The van der Waals surface area contributed by atoms with E-state index in [4.69, 9.17) is 10.5 Å². The van der Waals surface area contributed by atoms with E-state index in [1.165, 1.54) is 0 Å². The van der Waals surface area contributed by atoms with Crippen molar-refractivity contribution in [1.29, 1.82) is 0 Å². The highest BCUT2D eigenvalue weighted by molar-refractivity contribution is 9.11. The number of amides is 3. The number of aliphatic hydroxyl groups excluding tert-OH is 1. The molecule has 0 aliphatic rings. The molecule has 1 aromatic carbocycles. The Balaban J connectivity index is 2.30. The molecule has 0 spiro atoms. The standard InChI is InChI=1S/C17H22BrN3O5/c1-11(18)7-14(16(19)24)21-15(23)8-13(22)9-20-17(25)26-10-12-5-3-2-4-6-12/h2-6,13-14,22H,1,7-10H2,(H2,19,24)(H,20,25)(H,21,23)/t13-,14+/m1/s1. The van der Waals surface area contributed by atoms with Crippen molar-refractivity contribution in [2.45, 2.75) is 31.6 Å². The molecule has 0 radical (unpaired) electrons. The van der Waals surface area contributed by atoms with E-state index in [-0.39, 0.29) is 26.0 Å². The van der Waals surface area contributed by atoms with Crippen LogP contribution in [-0.2, 0) is 20.9 Å². The Bertz CT molecular complexity index is 639. The number of halogens is 1. The van der Waals surface area contributed by atoms with Gasteiger partial charge in [-0.3, -0.25) is 9.59 Å². The van der Waals surface area contributed by atoms with Crippen LogP contribution in [0.1, 0.15) is 18.4 Å². The summed E-state index contributed by atoms with van der Waals surface area (Å²) in [7, 11) is 0. The lowest BCUT2D eigenvalue weighted by atomic mass is 10.1. The molecule has 1 aromatic rings. The summed E-state index contributed by atoms with van der Waals surface area (Å²) in [6, 6.07) is 8.19. The Kier molecular flexibility index (Phi) is 9.38. The maximum Gasteiger partial charge on any atom is 0.407 e. The highest BCUT2D eigenvalue weighted by Gasteiger charge is 2.20. The molecule has 8 nitrogen and oxygen atoms in total. The number of nitrogens with one attached hydrogen (secondary N) is 2. The molecule has 0 saturated heterocycles. The van der Waals surface area contributed by atoms with Crippen LogP contribution in [0.15, 0.2) is 41.4 Å². The number of benzene rings is 1. The lowest BCUT2D eigenvalue weighted by Crippen LogP contribution is -2.46. The summed E-state index contributed by atoms with van der Waals surface area (Å²) >= 11 is 3.09. The predicted molar refractivity (Wildman–Crippen MR) is 99.1 cm³/mol. The van der Waals surface area contributed by atoms with E-state index in [2.05, 4.69) is 33.1 Å². The van der Waals surface area contributed by atoms with Gasteiger partial charge in [-0.2, -0.15) is 0 Å². The van der Waals surface area contributed by atoms with Crippen LogP contribution in [0.5, 0.6) is 0 Å². The van der Waals surface area contributed by atoms with Crippen molar-refractivity contribution >= 4 is 33.8 Å². The number of aliphatic hydroxyl groups is 1. The van der Waals surface area contributed by atoms with Crippen LogP contribution < -0.4 is 16.4 Å². The minimum Gasteiger partial charge on any atom is -0.445 e. The first-order valence-corrected chi connectivity index (χ1v) is 8.61. The second-order valence-electron chi connectivity index (χ2n) is 5.54. The van der Waals surface area contributed by atoms with E-state index < -0.39 is 30.1 Å². The quantitative estimate of drug-likeness (QED) is 0.441. The molecule has 0 fully saturated rings. The summed E-state index contributed by atoms with van der Waals surface area (Å²) in [5.41, 5.74) is 6.02. The fraction of sp³-hybridized carbons (Fsp3) is 0.353. The molecule has 3 amide bonds. The zero-order valence-corrected chi connectivity index (χ0v) is 15.7. The number of hydrogen-bond donors (Lipinski definition) is 4. The molecule has 2 atom stereocenters. The van der Waals surface area contributed by atoms with Crippen molar-refractivity contribution in [2.75, 3.05) is 6.54 Å². The van der Waals surface area contributed by atoms with Gasteiger partial charge in [-0.1, -0.05) is 52.8 Å². The summed E-state index contributed by atoms with van der Waals surface area (Å²) in [6.07, 6.45) is -2.02. The van der Waals surface area contributed by atoms with E-state index in [1.54, 1.807) is 0 Å². The van der Waals surface area contributed by atoms with Gasteiger partial charge in [0.1, 0.15) is 12.6 Å². The molecule has 26 heavy (non-hydrogen) atoms. The molecule has 0 aromatic heterocycles. The fourth-order valence-corrected chi connectivity index (χ4v) is 2.28. The van der Waals surface area contributed by atoms with Crippen molar-refractivity contribution in [2.24, 2.45) is 5.73 Å². The molecule has 0 aliphatic heterocycles. The minimum atomic E-state index is -1.14. The molecular weight excluding hydrogens is 406 g/mol. The minimum absolute atomic E-state index is 0.0972. The van der Waals surface area contributed by atoms with E-state index >= 15 is 0 Å². The van der Waals surface area contributed by atoms with Gasteiger partial charge in [-0.15, -0.1) is 0 Å². The topological polar surface area (TPSA) is 131 Å². The van der Waals surface area contributed by atoms with Crippen LogP contribution >= 0.6 is 15.9 Å².